The van der Waals surface area contributed by atoms with Gasteiger partial charge in [-0.1, -0.05) is 36.8 Å². The summed E-state index contributed by atoms with van der Waals surface area (Å²) in [6, 6.07) is 9.83. The van der Waals surface area contributed by atoms with Gasteiger partial charge in [0.15, 0.2) is 0 Å². The first kappa shape index (κ1) is 16.0. The lowest BCUT2D eigenvalue weighted by Crippen LogP contribution is -2.37. The standard InChI is InChI=1S/C17H26N2O2/c1-21-17(20)16(15-8-4-2-5-9-15)14-18-10-13-19-11-6-3-7-12-19/h2,4-5,8-9,16,18H,3,6-7,10-14H2,1H3. The van der Waals surface area contributed by atoms with Crippen LogP contribution < -0.4 is 5.32 Å². The minimum Gasteiger partial charge on any atom is -0.469 e. The first-order chi connectivity index (χ1) is 10.3. The summed E-state index contributed by atoms with van der Waals surface area (Å²) in [5.74, 6) is -0.399. The minimum absolute atomic E-state index is 0.174. The molecule has 0 radical (unpaired) electrons. The number of hydrogen-bond donors (Lipinski definition) is 1. The van der Waals surface area contributed by atoms with Crippen LogP contribution >= 0.6 is 0 Å². The van der Waals surface area contributed by atoms with Gasteiger partial charge >= 0.3 is 5.97 Å². The van der Waals surface area contributed by atoms with Crippen LogP contribution in [0.4, 0.5) is 0 Å². The van der Waals surface area contributed by atoms with E-state index in [9.17, 15) is 4.79 Å². The molecule has 1 fully saturated rings. The van der Waals surface area contributed by atoms with Crippen molar-refractivity contribution in [1.82, 2.24) is 10.2 Å². The summed E-state index contributed by atoms with van der Waals surface area (Å²) >= 11 is 0. The monoisotopic (exact) mass is 290 g/mol. The minimum atomic E-state index is -0.224. The third-order valence-corrected chi connectivity index (χ3v) is 4.09. The van der Waals surface area contributed by atoms with E-state index < -0.39 is 0 Å². The second kappa shape index (κ2) is 8.80. The van der Waals surface area contributed by atoms with Crippen LogP contribution in [-0.2, 0) is 9.53 Å². The van der Waals surface area contributed by atoms with Crippen LogP contribution in [0.5, 0.6) is 0 Å². The molecule has 1 saturated heterocycles. The second-order valence-electron chi connectivity index (χ2n) is 5.59. The fraction of sp³-hybridized carbons (Fsp3) is 0.588. The number of carbonyl (C=O) groups is 1. The summed E-state index contributed by atoms with van der Waals surface area (Å²) in [7, 11) is 1.45. The number of nitrogens with one attached hydrogen (secondary N) is 1. The summed E-state index contributed by atoms with van der Waals surface area (Å²) < 4.78 is 4.92. The van der Waals surface area contributed by atoms with Gasteiger partial charge in [0.1, 0.15) is 0 Å². The molecule has 1 heterocycles. The van der Waals surface area contributed by atoms with Crippen LogP contribution in [0.15, 0.2) is 30.3 Å². The predicted octanol–water partition coefficient (Wildman–Crippen LogP) is 2.02. The SMILES string of the molecule is COC(=O)C(CNCCN1CCCCC1)c1ccccc1. The number of nitrogens with zero attached hydrogens (tertiary/aromatic N) is 1. The maximum Gasteiger partial charge on any atom is 0.314 e. The summed E-state index contributed by atoms with van der Waals surface area (Å²) in [6.07, 6.45) is 3.99. The molecule has 1 aromatic rings. The summed E-state index contributed by atoms with van der Waals surface area (Å²) in [5.41, 5.74) is 1.01. The number of esters is 1. The van der Waals surface area contributed by atoms with Crippen LogP contribution in [0.25, 0.3) is 0 Å². The van der Waals surface area contributed by atoms with Gasteiger partial charge in [-0.2, -0.15) is 0 Å². The molecule has 0 spiro atoms. The third kappa shape index (κ3) is 5.14. The Balaban J connectivity index is 1.78. The molecule has 1 unspecified atom stereocenters. The Morgan fingerprint density at radius 2 is 1.95 bits per heavy atom. The number of ether oxygens (including phenoxy) is 1. The van der Waals surface area contributed by atoms with Gasteiger partial charge in [0.05, 0.1) is 13.0 Å². The quantitative estimate of drug-likeness (QED) is 0.616. The van der Waals surface area contributed by atoms with Crippen LogP contribution in [0.1, 0.15) is 30.7 Å². The first-order valence-electron chi connectivity index (χ1n) is 7.87. The van der Waals surface area contributed by atoms with Gasteiger partial charge in [-0.15, -0.1) is 0 Å². The molecule has 1 aliphatic rings. The Bertz CT molecular complexity index is 416. The molecule has 0 aromatic heterocycles. The Morgan fingerprint density at radius 1 is 1.24 bits per heavy atom. The van der Waals surface area contributed by atoms with Crippen LogP contribution in [-0.4, -0.2) is 50.7 Å². The Morgan fingerprint density at radius 3 is 2.62 bits per heavy atom. The number of methoxy groups -OCH3 is 1. The van der Waals surface area contributed by atoms with Crippen molar-refractivity contribution in [1.29, 1.82) is 0 Å². The lowest BCUT2D eigenvalue weighted by molar-refractivity contribution is -0.142. The van der Waals surface area contributed by atoms with Crippen molar-refractivity contribution >= 4 is 5.97 Å². The van der Waals surface area contributed by atoms with Gasteiger partial charge in [0.25, 0.3) is 0 Å². The number of carbonyl (C=O) groups excluding carboxylic acids is 1. The van der Waals surface area contributed by atoms with E-state index in [4.69, 9.17) is 4.74 Å². The molecule has 4 nitrogen and oxygen atoms in total. The molecule has 2 rings (SSSR count). The fourth-order valence-electron chi connectivity index (χ4n) is 2.83. The Labute approximate surface area is 127 Å². The summed E-state index contributed by atoms with van der Waals surface area (Å²) in [4.78, 5) is 14.4. The molecule has 1 aliphatic heterocycles. The fourth-order valence-corrected chi connectivity index (χ4v) is 2.83. The van der Waals surface area contributed by atoms with Gasteiger partial charge in [-0.05, 0) is 31.5 Å². The van der Waals surface area contributed by atoms with Gasteiger partial charge < -0.3 is 15.0 Å². The highest BCUT2D eigenvalue weighted by Gasteiger charge is 2.20. The zero-order chi connectivity index (χ0) is 14.9. The van der Waals surface area contributed by atoms with Crippen LogP contribution in [0.3, 0.4) is 0 Å². The molecule has 0 amide bonds. The highest BCUT2D eigenvalue weighted by atomic mass is 16.5. The van der Waals surface area contributed by atoms with E-state index in [-0.39, 0.29) is 11.9 Å². The number of rotatable bonds is 7. The molecule has 0 saturated carbocycles. The second-order valence-corrected chi connectivity index (χ2v) is 5.59. The Hall–Kier alpha value is -1.39. The van der Waals surface area contributed by atoms with Crippen LogP contribution in [0.2, 0.25) is 0 Å². The number of hydrogen-bond acceptors (Lipinski definition) is 4. The molecular formula is C17H26N2O2. The maximum absolute atomic E-state index is 11.9. The molecular weight excluding hydrogens is 264 g/mol. The zero-order valence-electron chi connectivity index (χ0n) is 12.9. The molecule has 1 aromatic carbocycles. The highest BCUT2D eigenvalue weighted by molar-refractivity contribution is 5.78. The normalized spacial score (nSPS) is 17.4. The van der Waals surface area contributed by atoms with E-state index in [0.29, 0.717) is 6.54 Å². The van der Waals surface area contributed by atoms with Gasteiger partial charge in [0, 0.05) is 19.6 Å². The molecule has 4 heteroatoms. The average molecular weight is 290 g/mol. The smallest absolute Gasteiger partial charge is 0.314 e. The molecule has 116 valence electrons. The molecule has 1 atom stereocenters. The third-order valence-electron chi connectivity index (χ3n) is 4.09. The van der Waals surface area contributed by atoms with Gasteiger partial charge in [0.2, 0.25) is 0 Å². The maximum atomic E-state index is 11.9. The van der Waals surface area contributed by atoms with Crippen LogP contribution in [0, 0.1) is 0 Å². The van der Waals surface area contributed by atoms with E-state index in [0.717, 1.165) is 18.7 Å². The number of likely N-dealkylation sites (tertiary alicyclic amines) is 1. The summed E-state index contributed by atoms with van der Waals surface area (Å²) in [6.45, 7) is 5.02. The average Bonchev–Trinajstić information content (AvgIpc) is 2.56. The lowest BCUT2D eigenvalue weighted by atomic mass is 9.99. The van der Waals surface area contributed by atoms with Crippen molar-refractivity contribution in [3.63, 3.8) is 0 Å². The molecule has 1 N–H and O–H groups in total. The predicted molar refractivity (Wildman–Crippen MR) is 84.4 cm³/mol. The van der Waals surface area contributed by atoms with Gasteiger partial charge in [-0.25, -0.2) is 0 Å². The zero-order valence-corrected chi connectivity index (χ0v) is 12.9. The topological polar surface area (TPSA) is 41.6 Å². The van der Waals surface area contributed by atoms with Crippen molar-refractivity contribution in [2.24, 2.45) is 0 Å². The number of piperidine rings is 1. The van der Waals surface area contributed by atoms with Crippen molar-refractivity contribution in [2.45, 2.75) is 25.2 Å². The van der Waals surface area contributed by atoms with Crippen molar-refractivity contribution in [3.8, 4) is 0 Å². The van der Waals surface area contributed by atoms with Gasteiger partial charge in [-0.3, -0.25) is 4.79 Å². The number of benzene rings is 1. The first-order valence-corrected chi connectivity index (χ1v) is 7.87. The van der Waals surface area contributed by atoms with Crippen molar-refractivity contribution in [3.05, 3.63) is 35.9 Å². The van der Waals surface area contributed by atoms with Crippen molar-refractivity contribution < 1.29 is 9.53 Å². The molecule has 0 bridgehead atoms. The molecule has 0 aliphatic carbocycles. The van der Waals surface area contributed by atoms with E-state index >= 15 is 0 Å². The van der Waals surface area contributed by atoms with E-state index in [1.54, 1.807) is 0 Å². The van der Waals surface area contributed by atoms with Crippen molar-refractivity contribution in [2.75, 3.05) is 39.8 Å². The lowest BCUT2D eigenvalue weighted by Gasteiger charge is -2.26. The largest absolute Gasteiger partial charge is 0.469 e. The summed E-state index contributed by atoms with van der Waals surface area (Å²) in [5, 5.41) is 3.40. The highest BCUT2D eigenvalue weighted by Crippen LogP contribution is 2.16. The van der Waals surface area contributed by atoms with E-state index in [1.165, 1.54) is 39.5 Å². The van der Waals surface area contributed by atoms with E-state index in [2.05, 4.69) is 10.2 Å². The Kier molecular flexibility index (Phi) is 6.70. The van der Waals surface area contributed by atoms with E-state index in [1.807, 2.05) is 30.3 Å². The molecule has 21 heavy (non-hydrogen) atoms.